The number of hydrogen-bond donors (Lipinski definition) is 0. The van der Waals surface area contributed by atoms with Crippen LogP contribution in [0.1, 0.15) is 11.4 Å². The summed E-state index contributed by atoms with van der Waals surface area (Å²) >= 11 is 0. The van der Waals surface area contributed by atoms with E-state index < -0.39 is 0 Å². The maximum atomic E-state index is 11.8. The van der Waals surface area contributed by atoms with E-state index in [0.717, 1.165) is 22.8 Å². The average Bonchev–Trinajstić information content (AvgIpc) is 2.94. The fraction of sp³-hybridized carbons (Fsp3) is 0.125. The topological polar surface area (TPSA) is 88.6 Å². The highest BCUT2D eigenvalue weighted by atomic mass is 16.1. The average molecular weight is 306 g/mol. The van der Waals surface area contributed by atoms with Gasteiger partial charge in [-0.25, -0.2) is 4.98 Å². The van der Waals surface area contributed by atoms with Crippen LogP contribution in [0.25, 0.3) is 21.8 Å². The van der Waals surface area contributed by atoms with Gasteiger partial charge in [0, 0.05) is 34.2 Å². The molecule has 0 radical (unpaired) electrons. The summed E-state index contributed by atoms with van der Waals surface area (Å²) in [4.78, 5) is 18.9. The zero-order valence-electron chi connectivity index (χ0n) is 12.5. The normalized spacial score (nSPS) is 10.3. The van der Waals surface area contributed by atoms with E-state index in [2.05, 4.69) is 15.0 Å². The lowest BCUT2D eigenvalue weighted by Crippen LogP contribution is -2.15. The highest BCUT2D eigenvalue weighted by Gasteiger charge is 2.07. The van der Waals surface area contributed by atoms with Crippen LogP contribution < -0.4 is 5.56 Å². The number of aromatic nitrogens is 3. The summed E-state index contributed by atoms with van der Waals surface area (Å²) in [7, 11) is 0. The molecule has 0 spiro atoms. The molecule has 0 aliphatic rings. The zero-order chi connectivity index (χ0) is 16.2. The van der Waals surface area contributed by atoms with E-state index in [1.807, 2.05) is 41.8 Å². The van der Waals surface area contributed by atoms with Crippen molar-refractivity contribution in [1.29, 1.82) is 0 Å². The second kappa shape index (κ2) is 6.21. The van der Waals surface area contributed by atoms with E-state index in [0.29, 0.717) is 0 Å². The van der Waals surface area contributed by atoms with Crippen molar-refractivity contribution in [1.82, 2.24) is 14.1 Å². The van der Waals surface area contributed by atoms with Crippen molar-refractivity contribution in [3.05, 3.63) is 87.2 Å². The Labute approximate surface area is 132 Å². The molecule has 0 saturated heterocycles. The van der Waals surface area contributed by atoms with Gasteiger partial charge in [0.2, 0.25) is 0 Å². The molecule has 7 nitrogen and oxygen atoms in total. The van der Waals surface area contributed by atoms with Crippen molar-refractivity contribution < 1.29 is 0 Å². The predicted molar refractivity (Wildman–Crippen MR) is 86.7 cm³/mol. The number of imidazole rings is 1. The quantitative estimate of drug-likeness (QED) is 0.421. The molecule has 0 atom stereocenters. The summed E-state index contributed by atoms with van der Waals surface area (Å²) in [6, 6.07) is 12.6. The summed E-state index contributed by atoms with van der Waals surface area (Å²) in [6.07, 6.45) is 3.43. The van der Waals surface area contributed by atoms with Gasteiger partial charge in [0.15, 0.2) is 0 Å². The molecule has 114 valence electrons. The van der Waals surface area contributed by atoms with Crippen LogP contribution >= 0.6 is 0 Å². The first-order valence-corrected chi connectivity index (χ1v) is 7.03. The minimum atomic E-state index is -0.0734. The summed E-state index contributed by atoms with van der Waals surface area (Å²) < 4.78 is 3.50. The second-order valence-corrected chi connectivity index (χ2v) is 4.96. The number of nitrogens with zero attached hydrogens (tertiary/aromatic N) is 6. The van der Waals surface area contributed by atoms with Crippen LogP contribution in [0.3, 0.4) is 0 Å². The third-order valence-electron chi connectivity index (χ3n) is 3.62. The van der Waals surface area contributed by atoms with Gasteiger partial charge in [-0.15, -0.1) is 0 Å². The van der Waals surface area contributed by atoms with Crippen molar-refractivity contribution in [2.24, 2.45) is 5.11 Å². The first-order chi connectivity index (χ1) is 11.2. The molecule has 0 fully saturated rings. The first-order valence-electron chi connectivity index (χ1n) is 7.03. The van der Waals surface area contributed by atoms with Crippen molar-refractivity contribution in [3.63, 3.8) is 0 Å². The Bertz CT molecular complexity index is 932. The number of benzene rings is 1. The standard InChI is InChI=1S/C16H14N6O/c1-12-15(10-19-20-17)18-11-22(12)14-7-5-13(6-8-14)21-9-3-2-4-16(21)23/h2-9,11H,10H2,1H3. The molecule has 0 N–H and O–H groups in total. The minimum absolute atomic E-state index is 0.0734. The fourth-order valence-electron chi connectivity index (χ4n) is 2.38. The molecule has 2 aromatic heterocycles. The lowest BCUT2D eigenvalue weighted by molar-refractivity contribution is 0.952. The van der Waals surface area contributed by atoms with Crippen molar-refractivity contribution in [2.45, 2.75) is 13.5 Å². The van der Waals surface area contributed by atoms with Crippen LogP contribution in [0.4, 0.5) is 0 Å². The molecular weight excluding hydrogens is 292 g/mol. The largest absolute Gasteiger partial charge is 0.303 e. The van der Waals surface area contributed by atoms with E-state index in [1.165, 1.54) is 6.07 Å². The van der Waals surface area contributed by atoms with Gasteiger partial charge < -0.3 is 4.57 Å². The Hall–Kier alpha value is -3.31. The van der Waals surface area contributed by atoms with Crippen molar-refractivity contribution in [2.75, 3.05) is 0 Å². The van der Waals surface area contributed by atoms with Gasteiger partial charge in [-0.1, -0.05) is 11.2 Å². The number of rotatable bonds is 4. The molecule has 3 rings (SSSR count). The molecule has 3 aromatic rings. The molecule has 23 heavy (non-hydrogen) atoms. The highest BCUT2D eigenvalue weighted by Crippen LogP contribution is 2.16. The van der Waals surface area contributed by atoms with Gasteiger partial charge >= 0.3 is 0 Å². The van der Waals surface area contributed by atoms with E-state index in [1.54, 1.807) is 23.2 Å². The molecule has 0 unspecified atom stereocenters. The lowest BCUT2D eigenvalue weighted by Gasteiger charge is -2.09. The van der Waals surface area contributed by atoms with Crippen LogP contribution in [-0.2, 0) is 6.54 Å². The SMILES string of the molecule is Cc1c(CN=[N+]=[N-])ncn1-c1ccc(-n2ccccc2=O)cc1. The molecule has 7 heteroatoms. The maximum absolute atomic E-state index is 11.8. The molecule has 1 aromatic carbocycles. The van der Waals surface area contributed by atoms with Crippen LogP contribution in [0.15, 0.2) is 64.9 Å². The molecule has 0 bridgehead atoms. The first kappa shape index (κ1) is 14.6. The number of pyridine rings is 1. The van der Waals surface area contributed by atoms with Crippen molar-refractivity contribution in [3.8, 4) is 11.4 Å². The van der Waals surface area contributed by atoms with Crippen molar-refractivity contribution >= 4 is 0 Å². The van der Waals surface area contributed by atoms with Gasteiger partial charge in [0.1, 0.15) is 0 Å². The molecule has 0 aliphatic heterocycles. The van der Waals surface area contributed by atoms with E-state index in [9.17, 15) is 4.79 Å². The van der Waals surface area contributed by atoms with Gasteiger partial charge in [0.05, 0.1) is 18.6 Å². The minimum Gasteiger partial charge on any atom is -0.303 e. The Morgan fingerprint density at radius 3 is 2.48 bits per heavy atom. The monoisotopic (exact) mass is 306 g/mol. The summed E-state index contributed by atoms with van der Waals surface area (Å²) in [5, 5.41) is 3.54. The Morgan fingerprint density at radius 1 is 1.13 bits per heavy atom. The molecule has 0 saturated carbocycles. The summed E-state index contributed by atoms with van der Waals surface area (Å²) in [6.45, 7) is 2.15. The van der Waals surface area contributed by atoms with Gasteiger partial charge in [-0.3, -0.25) is 9.36 Å². The second-order valence-electron chi connectivity index (χ2n) is 4.96. The van der Waals surface area contributed by atoms with E-state index >= 15 is 0 Å². The van der Waals surface area contributed by atoms with Crippen LogP contribution in [0, 0.1) is 6.92 Å². The third kappa shape index (κ3) is 2.86. The van der Waals surface area contributed by atoms with Crippen LogP contribution in [0.5, 0.6) is 0 Å². The van der Waals surface area contributed by atoms with Gasteiger partial charge in [0.25, 0.3) is 5.56 Å². The van der Waals surface area contributed by atoms with Crippen LogP contribution in [-0.4, -0.2) is 14.1 Å². The molecule has 0 aliphatic carbocycles. The maximum Gasteiger partial charge on any atom is 0.255 e. The Kier molecular flexibility index (Phi) is 3.95. The Balaban J connectivity index is 1.94. The predicted octanol–water partition coefficient (Wildman–Crippen LogP) is 3.14. The number of azide groups is 1. The molecular formula is C16H14N6O. The summed E-state index contributed by atoms with van der Waals surface area (Å²) in [5.41, 5.74) is 11.7. The van der Waals surface area contributed by atoms with E-state index in [4.69, 9.17) is 5.53 Å². The van der Waals surface area contributed by atoms with Gasteiger partial charge in [-0.05, 0) is 42.8 Å². The Morgan fingerprint density at radius 2 is 1.83 bits per heavy atom. The summed E-state index contributed by atoms with van der Waals surface area (Å²) in [5.74, 6) is 0. The number of hydrogen-bond acceptors (Lipinski definition) is 3. The van der Waals surface area contributed by atoms with E-state index in [-0.39, 0.29) is 12.1 Å². The smallest absolute Gasteiger partial charge is 0.255 e. The van der Waals surface area contributed by atoms with Gasteiger partial charge in [-0.2, -0.15) is 0 Å². The molecule has 2 heterocycles. The highest BCUT2D eigenvalue weighted by molar-refractivity contribution is 5.43. The van der Waals surface area contributed by atoms with Crippen LogP contribution in [0.2, 0.25) is 0 Å². The zero-order valence-corrected chi connectivity index (χ0v) is 12.5. The lowest BCUT2D eigenvalue weighted by atomic mass is 10.2. The molecule has 0 amide bonds. The fourth-order valence-corrected chi connectivity index (χ4v) is 2.38. The third-order valence-corrected chi connectivity index (χ3v) is 3.62.